The first-order valence-electron chi connectivity index (χ1n) is 8.17. The largest absolute Gasteiger partial charge is 0.381 e. The lowest BCUT2D eigenvalue weighted by Crippen LogP contribution is -2.63. The van der Waals surface area contributed by atoms with Crippen LogP contribution in [0, 0.1) is 11.8 Å². The van der Waals surface area contributed by atoms with Crippen molar-refractivity contribution < 1.29 is 14.3 Å². The number of carbonyl (C=O) groups is 2. The van der Waals surface area contributed by atoms with Crippen molar-refractivity contribution in [1.82, 2.24) is 9.80 Å². The lowest BCUT2D eigenvalue weighted by molar-refractivity contribution is -0.153. The lowest BCUT2D eigenvalue weighted by atomic mass is 9.92. The molecule has 3 rings (SSSR count). The molecule has 1 aliphatic carbocycles. The number of amides is 2. The summed E-state index contributed by atoms with van der Waals surface area (Å²) in [6.07, 6.45) is 3.74. The monoisotopic (exact) mass is 294 g/mol. The number of rotatable bonds is 2. The van der Waals surface area contributed by atoms with Gasteiger partial charge in [-0.15, -0.1) is 0 Å². The maximum Gasteiger partial charge on any atom is 0.226 e. The second-order valence-electron chi connectivity index (χ2n) is 7.22. The van der Waals surface area contributed by atoms with E-state index < -0.39 is 0 Å². The van der Waals surface area contributed by atoms with Gasteiger partial charge in [0.1, 0.15) is 0 Å². The Hall–Kier alpha value is -1.10. The molecule has 2 heterocycles. The normalized spacial score (nSPS) is 26.8. The van der Waals surface area contributed by atoms with E-state index in [9.17, 15) is 9.59 Å². The van der Waals surface area contributed by atoms with E-state index in [1.165, 1.54) is 0 Å². The van der Waals surface area contributed by atoms with E-state index in [2.05, 4.69) is 13.8 Å². The molecule has 0 atom stereocenters. The van der Waals surface area contributed by atoms with Gasteiger partial charge in [0, 0.05) is 44.7 Å². The van der Waals surface area contributed by atoms with Crippen molar-refractivity contribution in [1.29, 1.82) is 0 Å². The molecule has 1 saturated carbocycles. The third-order valence-corrected chi connectivity index (χ3v) is 4.98. The zero-order chi connectivity index (χ0) is 15.0. The Kier molecular flexibility index (Phi) is 3.95. The summed E-state index contributed by atoms with van der Waals surface area (Å²) in [6.45, 7) is 7.56. The van der Waals surface area contributed by atoms with Crippen molar-refractivity contribution >= 4 is 11.8 Å². The molecular formula is C16H26N2O3. The van der Waals surface area contributed by atoms with Crippen LogP contribution in [0.2, 0.25) is 0 Å². The minimum absolute atomic E-state index is 0.101. The second kappa shape index (κ2) is 5.59. The summed E-state index contributed by atoms with van der Waals surface area (Å²) in [6, 6.07) is 0. The van der Waals surface area contributed by atoms with Crippen LogP contribution in [0.5, 0.6) is 0 Å². The van der Waals surface area contributed by atoms with Crippen LogP contribution in [-0.2, 0) is 14.3 Å². The Morgan fingerprint density at radius 3 is 2.14 bits per heavy atom. The zero-order valence-corrected chi connectivity index (χ0v) is 13.1. The minimum Gasteiger partial charge on any atom is -0.381 e. The molecule has 5 heteroatoms. The highest BCUT2D eigenvalue weighted by molar-refractivity contribution is 5.83. The van der Waals surface area contributed by atoms with E-state index >= 15 is 0 Å². The molecule has 0 N–H and O–H groups in total. The Morgan fingerprint density at radius 2 is 1.57 bits per heavy atom. The predicted molar refractivity (Wildman–Crippen MR) is 78.6 cm³/mol. The first-order valence-corrected chi connectivity index (χ1v) is 8.17. The van der Waals surface area contributed by atoms with Crippen LogP contribution in [0.4, 0.5) is 0 Å². The van der Waals surface area contributed by atoms with Crippen LogP contribution in [0.3, 0.4) is 0 Å². The molecule has 0 aromatic rings. The van der Waals surface area contributed by atoms with Gasteiger partial charge in [-0.1, -0.05) is 0 Å². The molecule has 2 saturated heterocycles. The summed E-state index contributed by atoms with van der Waals surface area (Å²) in [5.74, 6) is 0.908. The summed E-state index contributed by atoms with van der Waals surface area (Å²) >= 11 is 0. The Labute approximate surface area is 126 Å². The summed E-state index contributed by atoms with van der Waals surface area (Å²) in [5.41, 5.74) is -0.266. The van der Waals surface area contributed by atoms with Gasteiger partial charge in [-0.25, -0.2) is 0 Å². The number of nitrogens with zero attached hydrogens (tertiary/aromatic N) is 2. The van der Waals surface area contributed by atoms with Crippen molar-refractivity contribution in [2.45, 2.75) is 45.1 Å². The molecule has 0 aromatic heterocycles. The van der Waals surface area contributed by atoms with Crippen molar-refractivity contribution in [3.05, 3.63) is 0 Å². The standard InChI is InChI=1S/C16H26N2O3/c1-16(2)11-17(14(19)12-3-4-12)7-8-18(16)15(20)13-5-9-21-10-6-13/h12-13H,3-11H2,1-2H3. The zero-order valence-electron chi connectivity index (χ0n) is 13.1. The van der Waals surface area contributed by atoms with Gasteiger partial charge in [-0.3, -0.25) is 9.59 Å². The van der Waals surface area contributed by atoms with Crippen molar-refractivity contribution in [3.63, 3.8) is 0 Å². The van der Waals surface area contributed by atoms with E-state index in [1.807, 2.05) is 9.80 Å². The molecule has 5 nitrogen and oxygen atoms in total. The van der Waals surface area contributed by atoms with E-state index in [1.54, 1.807) is 0 Å². The third-order valence-electron chi connectivity index (χ3n) is 4.98. The predicted octanol–water partition coefficient (Wildman–Crippen LogP) is 1.27. The molecule has 0 spiro atoms. The van der Waals surface area contributed by atoms with Crippen molar-refractivity contribution in [2.24, 2.45) is 11.8 Å². The number of hydrogen-bond donors (Lipinski definition) is 0. The molecule has 0 radical (unpaired) electrons. The summed E-state index contributed by atoms with van der Waals surface area (Å²) < 4.78 is 5.35. The van der Waals surface area contributed by atoms with Gasteiger partial charge >= 0.3 is 0 Å². The lowest BCUT2D eigenvalue weighted by Gasteiger charge is -2.48. The van der Waals surface area contributed by atoms with Gasteiger partial charge in [0.25, 0.3) is 0 Å². The van der Waals surface area contributed by atoms with Gasteiger partial charge in [-0.05, 0) is 39.5 Å². The van der Waals surface area contributed by atoms with E-state index in [0.717, 1.165) is 25.7 Å². The number of ether oxygens (including phenoxy) is 1. The number of carbonyl (C=O) groups excluding carboxylic acids is 2. The van der Waals surface area contributed by atoms with Crippen LogP contribution in [0.15, 0.2) is 0 Å². The van der Waals surface area contributed by atoms with Gasteiger partial charge in [-0.2, -0.15) is 0 Å². The average molecular weight is 294 g/mol. The SMILES string of the molecule is CC1(C)CN(C(=O)C2CC2)CCN1C(=O)C1CCOCC1. The van der Waals surface area contributed by atoms with Gasteiger partial charge in [0.2, 0.25) is 11.8 Å². The number of hydrogen-bond acceptors (Lipinski definition) is 3. The molecule has 21 heavy (non-hydrogen) atoms. The average Bonchev–Trinajstić information content (AvgIpc) is 3.30. The molecule has 0 bridgehead atoms. The van der Waals surface area contributed by atoms with Crippen molar-refractivity contribution in [2.75, 3.05) is 32.8 Å². The summed E-state index contributed by atoms with van der Waals surface area (Å²) in [7, 11) is 0. The summed E-state index contributed by atoms with van der Waals surface area (Å²) in [5, 5.41) is 0. The first kappa shape index (κ1) is 14.8. The fourth-order valence-corrected chi connectivity index (χ4v) is 3.50. The maximum absolute atomic E-state index is 12.8. The van der Waals surface area contributed by atoms with E-state index in [0.29, 0.717) is 38.8 Å². The van der Waals surface area contributed by atoms with Gasteiger partial charge in [0.15, 0.2) is 0 Å². The topological polar surface area (TPSA) is 49.9 Å². The molecule has 3 fully saturated rings. The number of piperazine rings is 1. The summed E-state index contributed by atoms with van der Waals surface area (Å²) in [4.78, 5) is 29.0. The molecule has 2 aliphatic heterocycles. The van der Waals surface area contributed by atoms with Crippen LogP contribution in [-0.4, -0.2) is 60.0 Å². The highest BCUT2D eigenvalue weighted by Crippen LogP contribution is 2.33. The van der Waals surface area contributed by atoms with E-state index in [-0.39, 0.29) is 23.3 Å². The Balaban J connectivity index is 1.64. The van der Waals surface area contributed by atoms with Crippen LogP contribution >= 0.6 is 0 Å². The van der Waals surface area contributed by atoms with Crippen LogP contribution in [0.1, 0.15) is 39.5 Å². The molecular weight excluding hydrogens is 268 g/mol. The smallest absolute Gasteiger partial charge is 0.226 e. The highest BCUT2D eigenvalue weighted by atomic mass is 16.5. The third kappa shape index (κ3) is 3.07. The molecule has 3 aliphatic rings. The maximum atomic E-state index is 12.8. The van der Waals surface area contributed by atoms with Gasteiger partial charge in [0.05, 0.1) is 5.54 Å². The molecule has 0 aromatic carbocycles. The first-order chi connectivity index (χ1) is 9.99. The Bertz CT molecular complexity index is 425. The van der Waals surface area contributed by atoms with Gasteiger partial charge < -0.3 is 14.5 Å². The van der Waals surface area contributed by atoms with Crippen LogP contribution < -0.4 is 0 Å². The highest BCUT2D eigenvalue weighted by Gasteiger charge is 2.43. The van der Waals surface area contributed by atoms with Crippen molar-refractivity contribution in [3.8, 4) is 0 Å². The fourth-order valence-electron chi connectivity index (χ4n) is 3.50. The second-order valence-corrected chi connectivity index (χ2v) is 7.22. The quantitative estimate of drug-likeness (QED) is 0.771. The Morgan fingerprint density at radius 1 is 0.952 bits per heavy atom. The molecule has 0 unspecified atom stereocenters. The molecule has 2 amide bonds. The minimum atomic E-state index is -0.266. The molecule has 118 valence electrons. The van der Waals surface area contributed by atoms with E-state index in [4.69, 9.17) is 4.74 Å². The van der Waals surface area contributed by atoms with Crippen LogP contribution in [0.25, 0.3) is 0 Å². The fraction of sp³-hybridized carbons (Fsp3) is 0.875.